The normalized spacial score (nSPS) is 29.5. The lowest BCUT2D eigenvalue weighted by Gasteiger charge is -2.31. The van der Waals surface area contributed by atoms with Crippen molar-refractivity contribution in [3.05, 3.63) is 0 Å². The molecule has 0 bridgehead atoms. The fraction of sp³-hybridized carbons (Fsp3) is 1.00. The van der Waals surface area contributed by atoms with Gasteiger partial charge in [-0.15, -0.1) is 0 Å². The molecule has 0 aliphatic carbocycles. The summed E-state index contributed by atoms with van der Waals surface area (Å²) in [5, 5.41) is 0. The average molecular weight is 188 g/mol. The Morgan fingerprint density at radius 1 is 1.31 bits per heavy atom. The zero-order valence-electron chi connectivity index (χ0n) is 8.79. The summed E-state index contributed by atoms with van der Waals surface area (Å²) in [7, 11) is 1.72. The second kappa shape index (κ2) is 5.58. The molecule has 0 aromatic heterocycles. The molecule has 1 aliphatic rings. The van der Waals surface area contributed by atoms with Gasteiger partial charge in [0, 0.05) is 25.6 Å². The monoisotopic (exact) mass is 188 g/mol. The van der Waals surface area contributed by atoms with Gasteiger partial charge in [-0.05, 0) is 6.42 Å². The van der Waals surface area contributed by atoms with Crippen LogP contribution in [0.25, 0.3) is 0 Å². The van der Waals surface area contributed by atoms with Crippen molar-refractivity contribution in [2.45, 2.75) is 26.6 Å². The molecule has 0 saturated carbocycles. The van der Waals surface area contributed by atoms with Gasteiger partial charge in [0.15, 0.2) is 6.29 Å². The summed E-state index contributed by atoms with van der Waals surface area (Å²) < 4.78 is 16.2. The van der Waals surface area contributed by atoms with E-state index >= 15 is 0 Å². The Morgan fingerprint density at radius 3 is 2.38 bits per heavy atom. The van der Waals surface area contributed by atoms with Gasteiger partial charge in [-0.2, -0.15) is 0 Å². The standard InChI is InChI=1S/C10H20O3/c1-8(2)10-12-6-9(7-13-10)4-5-11-3/h8-10H,4-7H2,1-3H3. The molecule has 13 heavy (non-hydrogen) atoms. The first kappa shape index (κ1) is 11.0. The van der Waals surface area contributed by atoms with Crippen LogP contribution in [0.4, 0.5) is 0 Å². The molecule has 3 heteroatoms. The summed E-state index contributed by atoms with van der Waals surface area (Å²) in [6.45, 7) is 6.64. The van der Waals surface area contributed by atoms with Gasteiger partial charge in [-0.3, -0.25) is 0 Å². The maximum atomic E-state index is 5.57. The topological polar surface area (TPSA) is 27.7 Å². The summed E-state index contributed by atoms with van der Waals surface area (Å²) >= 11 is 0. The molecule has 0 radical (unpaired) electrons. The molecular formula is C10H20O3. The van der Waals surface area contributed by atoms with E-state index < -0.39 is 0 Å². The fourth-order valence-electron chi connectivity index (χ4n) is 1.39. The van der Waals surface area contributed by atoms with E-state index in [-0.39, 0.29) is 6.29 Å². The van der Waals surface area contributed by atoms with Gasteiger partial charge in [-0.25, -0.2) is 0 Å². The molecule has 0 spiro atoms. The molecule has 0 amide bonds. The van der Waals surface area contributed by atoms with Crippen LogP contribution in [0.5, 0.6) is 0 Å². The minimum Gasteiger partial charge on any atom is -0.385 e. The lowest BCUT2D eigenvalue weighted by Crippen LogP contribution is -2.35. The second-order valence-electron chi connectivity index (χ2n) is 3.93. The van der Waals surface area contributed by atoms with E-state index in [0.29, 0.717) is 11.8 Å². The van der Waals surface area contributed by atoms with Crippen molar-refractivity contribution >= 4 is 0 Å². The third-order valence-corrected chi connectivity index (χ3v) is 2.27. The minimum atomic E-state index is -0.00112. The van der Waals surface area contributed by atoms with E-state index in [0.717, 1.165) is 26.2 Å². The maximum absolute atomic E-state index is 5.57. The summed E-state index contributed by atoms with van der Waals surface area (Å²) in [6, 6.07) is 0. The Morgan fingerprint density at radius 2 is 1.92 bits per heavy atom. The molecule has 3 nitrogen and oxygen atoms in total. The molecule has 0 aromatic rings. The summed E-state index contributed by atoms with van der Waals surface area (Å²) in [4.78, 5) is 0. The Hall–Kier alpha value is -0.120. The van der Waals surface area contributed by atoms with Crippen molar-refractivity contribution in [1.82, 2.24) is 0 Å². The number of ether oxygens (including phenoxy) is 3. The number of hydrogen-bond acceptors (Lipinski definition) is 3. The molecule has 78 valence electrons. The molecule has 0 aromatic carbocycles. The summed E-state index contributed by atoms with van der Waals surface area (Å²) in [5.74, 6) is 0.957. The van der Waals surface area contributed by atoms with E-state index in [9.17, 15) is 0 Å². The van der Waals surface area contributed by atoms with Gasteiger partial charge in [0.25, 0.3) is 0 Å². The van der Waals surface area contributed by atoms with E-state index in [1.54, 1.807) is 7.11 Å². The van der Waals surface area contributed by atoms with Crippen molar-refractivity contribution in [2.75, 3.05) is 26.9 Å². The van der Waals surface area contributed by atoms with Crippen molar-refractivity contribution in [3.8, 4) is 0 Å². The Kier molecular flexibility index (Phi) is 4.70. The molecule has 1 heterocycles. The Bertz CT molecular complexity index is 128. The van der Waals surface area contributed by atoms with Crippen LogP contribution in [0.15, 0.2) is 0 Å². The first-order chi connectivity index (χ1) is 6.24. The predicted octanol–water partition coefficient (Wildman–Crippen LogP) is 1.67. The molecule has 0 unspecified atom stereocenters. The van der Waals surface area contributed by atoms with E-state index in [4.69, 9.17) is 14.2 Å². The lowest BCUT2D eigenvalue weighted by molar-refractivity contribution is -0.220. The van der Waals surface area contributed by atoms with E-state index in [2.05, 4.69) is 13.8 Å². The van der Waals surface area contributed by atoms with Gasteiger partial charge in [0.2, 0.25) is 0 Å². The SMILES string of the molecule is COCCC1COC(C(C)C)OC1. The first-order valence-electron chi connectivity index (χ1n) is 4.96. The van der Waals surface area contributed by atoms with Crippen molar-refractivity contribution in [1.29, 1.82) is 0 Å². The highest BCUT2D eigenvalue weighted by Gasteiger charge is 2.23. The molecule has 0 N–H and O–H groups in total. The van der Waals surface area contributed by atoms with Crippen LogP contribution in [0.3, 0.4) is 0 Å². The molecule has 1 aliphatic heterocycles. The van der Waals surface area contributed by atoms with Gasteiger partial charge in [0.1, 0.15) is 0 Å². The maximum Gasteiger partial charge on any atom is 0.159 e. The summed E-state index contributed by atoms with van der Waals surface area (Å²) in [6.07, 6.45) is 1.03. The fourth-order valence-corrected chi connectivity index (χ4v) is 1.39. The van der Waals surface area contributed by atoms with Gasteiger partial charge < -0.3 is 14.2 Å². The van der Waals surface area contributed by atoms with Crippen LogP contribution in [-0.2, 0) is 14.2 Å². The molecular weight excluding hydrogens is 168 g/mol. The number of hydrogen-bond donors (Lipinski definition) is 0. The zero-order valence-corrected chi connectivity index (χ0v) is 8.79. The van der Waals surface area contributed by atoms with Gasteiger partial charge >= 0.3 is 0 Å². The molecule has 1 saturated heterocycles. The van der Waals surface area contributed by atoms with E-state index in [1.807, 2.05) is 0 Å². The smallest absolute Gasteiger partial charge is 0.159 e. The van der Waals surface area contributed by atoms with Crippen LogP contribution in [0.2, 0.25) is 0 Å². The highest BCUT2D eigenvalue weighted by Crippen LogP contribution is 2.18. The van der Waals surface area contributed by atoms with Crippen LogP contribution in [-0.4, -0.2) is 33.2 Å². The van der Waals surface area contributed by atoms with Crippen molar-refractivity contribution in [3.63, 3.8) is 0 Å². The third-order valence-electron chi connectivity index (χ3n) is 2.27. The first-order valence-corrected chi connectivity index (χ1v) is 4.96. The van der Waals surface area contributed by atoms with Crippen LogP contribution < -0.4 is 0 Å². The van der Waals surface area contributed by atoms with Gasteiger partial charge in [-0.1, -0.05) is 13.8 Å². The van der Waals surface area contributed by atoms with Crippen molar-refractivity contribution in [2.24, 2.45) is 11.8 Å². The lowest BCUT2D eigenvalue weighted by atomic mass is 10.1. The van der Waals surface area contributed by atoms with Crippen LogP contribution in [0.1, 0.15) is 20.3 Å². The Balaban J connectivity index is 2.15. The third kappa shape index (κ3) is 3.63. The van der Waals surface area contributed by atoms with E-state index in [1.165, 1.54) is 0 Å². The zero-order chi connectivity index (χ0) is 9.68. The minimum absolute atomic E-state index is 0.00112. The highest BCUT2D eigenvalue weighted by atomic mass is 16.7. The van der Waals surface area contributed by atoms with Gasteiger partial charge in [0.05, 0.1) is 13.2 Å². The molecule has 0 atom stereocenters. The largest absolute Gasteiger partial charge is 0.385 e. The predicted molar refractivity (Wildman–Crippen MR) is 50.5 cm³/mol. The molecule has 1 rings (SSSR count). The second-order valence-corrected chi connectivity index (χ2v) is 3.93. The Labute approximate surface area is 80.4 Å². The van der Waals surface area contributed by atoms with Crippen molar-refractivity contribution < 1.29 is 14.2 Å². The quantitative estimate of drug-likeness (QED) is 0.671. The molecule has 1 fully saturated rings. The number of methoxy groups -OCH3 is 1. The average Bonchev–Trinajstić information content (AvgIpc) is 2.15. The number of rotatable bonds is 4. The summed E-state index contributed by atoms with van der Waals surface area (Å²) in [5.41, 5.74) is 0. The van der Waals surface area contributed by atoms with Crippen LogP contribution >= 0.6 is 0 Å². The van der Waals surface area contributed by atoms with Crippen LogP contribution in [0, 0.1) is 11.8 Å². The highest BCUT2D eigenvalue weighted by molar-refractivity contribution is 4.64.